The summed E-state index contributed by atoms with van der Waals surface area (Å²) < 4.78 is 0. The first-order valence-electron chi connectivity index (χ1n) is 7.32. The molecule has 1 N–H and O–H groups in total. The minimum absolute atomic E-state index is 1.03. The molecule has 0 radical (unpaired) electrons. The molecule has 0 unspecified atom stereocenters. The Morgan fingerprint density at radius 2 is 1.48 bits per heavy atom. The number of nitrogens with one attached hydrogen (secondary N) is 1. The van der Waals surface area contributed by atoms with Crippen LogP contribution in [-0.4, -0.2) is 10.2 Å². The summed E-state index contributed by atoms with van der Waals surface area (Å²) in [6, 6.07) is 21.0. The Labute approximate surface area is 124 Å². The van der Waals surface area contributed by atoms with Crippen molar-refractivity contribution in [1.82, 2.24) is 10.2 Å². The summed E-state index contributed by atoms with van der Waals surface area (Å²) in [6.07, 6.45) is 4.43. The zero-order valence-electron chi connectivity index (χ0n) is 11.7. The zero-order valence-corrected chi connectivity index (χ0v) is 11.7. The van der Waals surface area contributed by atoms with Crippen molar-refractivity contribution in [2.75, 3.05) is 0 Å². The first-order chi connectivity index (χ1) is 10.4. The molecule has 0 amide bonds. The van der Waals surface area contributed by atoms with Crippen LogP contribution in [0.4, 0.5) is 0 Å². The zero-order chi connectivity index (χ0) is 14.1. The van der Waals surface area contributed by atoms with Crippen LogP contribution < -0.4 is 0 Å². The molecule has 0 bridgehead atoms. The molecular weight excluding hydrogens is 256 g/mol. The lowest BCUT2D eigenvalue weighted by Crippen LogP contribution is -2.00. The molecule has 0 saturated carbocycles. The summed E-state index contributed by atoms with van der Waals surface area (Å²) in [7, 11) is 0. The Morgan fingerprint density at radius 3 is 2.19 bits per heavy atom. The van der Waals surface area contributed by atoms with Gasteiger partial charge in [-0.05, 0) is 24.0 Å². The first kappa shape index (κ1) is 12.2. The standard InChI is InChI=1S/C19H16N2/c1-3-8-14(9-4-1)16-12-7-13-17-18(16)19(21-20-17)15-10-5-2-6-11-15/h1-6,8-12H,7,13H2,(H,20,21). The molecule has 0 saturated heterocycles. The van der Waals surface area contributed by atoms with Crippen molar-refractivity contribution in [3.63, 3.8) is 0 Å². The highest BCUT2D eigenvalue weighted by molar-refractivity contribution is 5.89. The summed E-state index contributed by atoms with van der Waals surface area (Å²) >= 11 is 0. The smallest absolute Gasteiger partial charge is 0.100 e. The van der Waals surface area contributed by atoms with Crippen LogP contribution in [0.5, 0.6) is 0 Å². The normalized spacial score (nSPS) is 13.6. The Morgan fingerprint density at radius 1 is 0.810 bits per heavy atom. The summed E-state index contributed by atoms with van der Waals surface area (Å²) in [5, 5.41) is 7.81. The van der Waals surface area contributed by atoms with Gasteiger partial charge in [-0.1, -0.05) is 66.7 Å². The highest BCUT2D eigenvalue weighted by atomic mass is 15.1. The lowest BCUT2D eigenvalue weighted by Gasteiger charge is -2.15. The molecule has 102 valence electrons. The summed E-state index contributed by atoms with van der Waals surface area (Å²) in [5.41, 5.74) is 7.29. The highest BCUT2D eigenvalue weighted by Gasteiger charge is 2.21. The number of benzene rings is 2. The van der Waals surface area contributed by atoms with Gasteiger partial charge in [-0.15, -0.1) is 0 Å². The summed E-state index contributed by atoms with van der Waals surface area (Å²) in [4.78, 5) is 0. The number of hydrogen-bond donors (Lipinski definition) is 1. The van der Waals surface area contributed by atoms with E-state index in [4.69, 9.17) is 0 Å². The number of aryl methyl sites for hydroxylation is 1. The molecule has 2 aromatic carbocycles. The van der Waals surface area contributed by atoms with Crippen LogP contribution in [0.25, 0.3) is 16.8 Å². The number of aromatic amines is 1. The number of aromatic nitrogens is 2. The van der Waals surface area contributed by atoms with Crippen molar-refractivity contribution in [3.05, 3.63) is 83.6 Å². The van der Waals surface area contributed by atoms with E-state index >= 15 is 0 Å². The summed E-state index contributed by atoms with van der Waals surface area (Å²) in [6.45, 7) is 0. The molecule has 0 spiro atoms. The van der Waals surface area contributed by atoms with Crippen LogP contribution in [0.15, 0.2) is 66.7 Å². The Bertz CT molecular complexity index is 783. The van der Waals surface area contributed by atoms with Crippen LogP contribution in [0.2, 0.25) is 0 Å². The molecule has 0 aliphatic heterocycles. The fourth-order valence-corrected chi connectivity index (χ4v) is 3.00. The fourth-order valence-electron chi connectivity index (χ4n) is 3.00. The quantitative estimate of drug-likeness (QED) is 0.733. The van der Waals surface area contributed by atoms with E-state index < -0.39 is 0 Å². The van der Waals surface area contributed by atoms with E-state index in [1.54, 1.807) is 0 Å². The third-order valence-electron chi connectivity index (χ3n) is 3.99. The third kappa shape index (κ3) is 2.09. The van der Waals surface area contributed by atoms with Crippen LogP contribution >= 0.6 is 0 Å². The van der Waals surface area contributed by atoms with Gasteiger partial charge in [0.15, 0.2) is 0 Å². The second-order valence-electron chi connectivity index (χ2n) is 5.31. The van der Waals surface area contributed by atoms with Gasteiger partial charge in [-0.2, -0.15) is 5.10 Å². The molecule has 0 atom stereocenters. The van der Waals surface area contributed by atoms with E-state index in [2.05, 4.69) is 70.9 Å². The average molecular weight is 272 g/mol. The molecule has 4 rings (SSSR count). The first-order valence-corrected chi connectivity index (χ1v) is 7.32. The predicted molar refractivity (Wildman–Crippen MR) is 85.9 cm³/mol. The molecular formula is C19H16N2. The van der Waals surface area contributed by atoms with Crippen molar-refractivity contribution in [2.45, 2.75) is 12.8 Å². The third-order valence-corrected chi connectivity index (χ3v) is 3.99. The van der Waals surface area contributed by atoms with Crippen LogP contribution in [-0.2, 0) is 6.42 Å². The second kappa shape index (κ2) is 5.06. The largest absolute Gasteiger partial charge is 0.281 e. The van der Waals surface area contributed by atoms with E-state index in [1.807, 2.05) is 6.07 Å². The maximum Gasteiger partial charge on any atom is 0.100 e. The van der Waals surface area contributed by atoms with Crippen molar-refractivity contribution >= 4 is 5.57 Å². The SMILES string of the molecule is C1=C(c2ccccc2)c2c(-c3ccccc3)n[nH]c2CC1. The molecule has 1 aliphatic rings. The molecule has 1 aromatic heterocycles. The topological polar surface area (TPSA) is 28.7 Å². The maximum atomic E-state index is 4.58. The van der Waals surface area contributed by atoms with E-state index in [9.17, 15) is 0 Å². The van der Waals surface area contributed by atoms with E-state index in [-0.39, 0.29) is 0 Å². The molecule has 1 heterocycles. The van der Waals surface area contributed by atoms with Gasteiger partial charge >= 0.3 is 0 Å². The lowest BCUT2D eigenvalue weighted by molar-refractivity contribution is 0.904. The molecule has 3 aromatic rings. The average Bonchev–Trinajstić information content (AvgIpc) is 3.00. The molecule has 21 heavy (non-hydrogen) atoms. The molecule has 2 heteroatoms. The molecule has 1 aliphatic carbocycles. The maximum absolute atomic E-state index is 4.58. The number of H-pyrrole nitrogens is 1. The number of nitrogens with zero attached hydrogens (tertiary/aromatic N) is 1. The second-order valence-corrected chi connectivity index (χ2v) is 5.31. The van der Waals surface area contributed by atoms with Gasteiger partial charge in [0.05, 0.1) is 0 Å². The van der Waals surface area contributed by atoms with Gasteiger partial charge < -0.3 is 0 Å². The van der Waals surface area contributed by atoms with Gasteiger partial charge in [-0.25, -0.2) is 0 Å². The van der Waals surface area contributed by atoms with Crippen LogP contribution in [0.3, 0.4) is 0 Å². The van der Waals surface area contributed by atoms with E-state index in [0.29, 0.717) is 0 Å². The minimum atomic E-state index is 1.03. The van der Waals surface area contributed by atoms with Crippen molar-refractivity contribution in [3.8, 4) is 11.3 Å². The highest BCUT2D eigenvalue weighted by Crippen LogP contribution is 2.37. The molecule has 2 nitrogen and oxygen atoms in total. The number of allylic oxidation sites excluding steroid dienone is 1. The lowest BCUT2D eigenvalue weighted by atomic mass is 9.88. The van der Waals surface area contributed by atoms with Crippen molar-refractivity contribution in [1.29, 1.82) is 0 Å². The summed E-state index contributed by atoms with van der Waals surface area (Å²) in [5.74, 6) is 0. The van der Waals surface area contributed by atoms with E-state index in [0.717, 1.165) is 18.5 Å². The minimum Gasteiger partial charge on any atom is -0.281 e. The Hall–Kier alpha value is -2.61. The fraction of sp³-hybridized carbons (Fsp3) is 0.105. The Balaban J connectivity index is 1.90. The van der Waals surface area contributed by atoms with Gasteiger partial charge in [0.1, 0.15) is 5.69 Å². The monoisotopic (exact) mass is 272 g/mol. The van der Waals surface area contributed by atoms with Crippen molar-refractivity contribution in [2.24, 2.45) is 0 Å². The van der Waals surface area contributed by atoms with Crippen LogP contribution in [0.1, 0.15) is 23.2 Å². The van der Waals surface area contributed by atoms with Crippen molar-refractivity contribution < 1.29 is 0 Å². The number of hydrogen-bond acceptors (Lipinski definition) is 1. The number of rotatable bonds is 2. The Kier molecular flexibility index (Phi) is 2.93. The van der Waals surface area contributed by atoms with Gasteiger partial charge in [0.2, 0.25) is 0 Å². The van der Waals surface area contributed by atoms with Gasteiger partial charge in [0, 0.05) is 16.8 Å². The molecule has 0 fully saturated rings. The van der Waals surface area contributed by atoms with Crippen LogP contribution in [0, 0.1) is 0 Å². The number of fused-ring (bicyclic) bond motifs is 1. The predicted octanol–water partition coefficient (Wildman–Crippen LogP) is 4.45. The van der Waals surface area contributed by atoms with E-state index in [1.165, 1.54) is 28.0 Å². The van der Waals surface area contributed by atoms with Gasteiger partial charge in [-0.3, -0.25) is 5.10 Å². The van der Waals surface area contributed by atoms with Gasteiger partial charge in [0.25, 0.3) is 0 Å².